The van der Waals surface area contributed by atoms with E-state index in [1.807, 2.05) is 36.9 Å². The topological polar surface area (TPSA) is 29.5 Å². The number of amides is 1. The van der Waals surface area contributed by atoms with Gasteiger partial charge in [-0.05, 0) is 43.7 Å². The molecule has 0 aliphatic carbocycles. The van der Waals surface area contributed by atoms with Crippen molar-refractivity contribution in [1.82, 2.24) is 4.90 Å². The smallest absolute Gasteiger partial charge is 0.260 e. The van der Waals surface area contributed by atoms with Crippen molar-refractivity contribution >= 4 is 5.91 Å². The molecule has 0 bridgehead atoms. The lowest BCUT2D eigenvalue weighted by molar-refractivity contribution is -0.134. The van der Waals surface area contributed by atoms with Crippen LogP contribution in [-0.2, 0) is 4.79 Å². The Morgan fingerprint density at radius 3 is 2.42 bits per heavy atom. The molecule has 0 spiro atoms. The molecule has 0 aromatic heterocycles. The Labute approximate surface area is 115 Å². The number of carbonyl (C=O) groups is 1. The molecule has 1 fully saturated rings. The van der Waals surface area contributed by atoms with Crippen LogP contribution in [-0.4, -0.2) is 30.5 Å². The zero-order valence-electron chi connectivity index (χ0n) is 12.1. The van der Waals surface area contributed by atoms with Gasteiger partial charge in [-0.15, -0.1) is 0 Å². The molecule has 2 rings (SSSR count). The molecule has 0 saturated carbocycles. The number of benzene rings is 1. The van der Waals surface area contributed by atoms with Crippen LogP contribution < -0.4 is 4.74 Å². The van der Waals surface area contributed by atoms with Crippen LogP contribution >= 0.6 is 0 Å². The number of para-hydroxylation sites is 1. The molecule has 0 unspecified atom stereocenters. The predicted octanol–water partition coefficient (Wildman–Crippen LogP) is 2.94. The van der Waals surface area contributed by atoms with Gasteiger partial charge in [0.1, 0.15) is 5.75 Å². The highest BCUT2D eigenvalue weighted by Gasteiger charge is 2.20. The molecular formula is C16H23NO2. The lowest BCUT2D eigenvalue weighted by atomic mass is 9.99. The molecule has 1 aliphatic heterocycles. The Hall–Kier alpha value is -1.51. The Morgan fingerprint density at radius 1 is 1.26 bits per heavy atom. The first-order valence-corrected chi connectivity index (χ1v) is 7.04. The van der Waals surface area contributed by atoms with E-state index in [4.69, 9.17) is 4.74 Å². The second-order valence-corrected chi connectivity index (χ2v) is 5.57. The zero-order valence-corrected chi connectivity index (χ0v) is 12.1. The normalized spacial score (nSPS) is 16.5. The van der Waals surface area contributed by atoms with Gasteiger partial charge in [0.05, 0.1) is 0 Å². The van der Waals surface area contributed by atoms with E-state index in [1.54, 1.807) is 0 Å². The maximum Gasteiger partial charge on any atom is 0.260 e. The van der Waals surface area contributed by atoms with Crippen LogP contribution in [0, 0.1) is 19.8 Å². The summed E-state index contributed by atoms with van der Waals surface area (Å²) in [6, 6.07) is 6.02. The van der Waals surface area contributed by atoms with Gasteiger partial charge < -0.3 is 9.64 Å². The second kappa shape index (κ2) is 6.09. The molecule has 3 nitrogen and oxygen atoms in total. The van der Waals surface area contributed by atoms with Crippen molar-refractivity contribution in [1.29, 1.82) is 0 Å². The minimum absolute atomic E-state index is 0.106. The van der Waals surface area contributed by atoms with E-state index in [-0.39, 0.29) is 12.5 Å². The molecule has 0 N–H and O–H groups in total. The fourth-order valence-corrected chi connectivity index (χ4v) is 2.51. The second-order valence-electron chi connectivity index (χ2n) is 5.57. The van der Waals surface area contributed by atoms with E-state index in [9.17, 15) is 4.79 Å². The molecule has 1 aromatic rings. The zero-order chi connectivity index (χ0) is 13.8. The highest BCUT2D eigenvalue weighted by molar-refractivity contribution is 5.78. The monoisotopic (exact) mass is 261 g/mol. The van der Waals surface area contributed by atoms with Gasteiger partial charge in [-0.1, -0.05) is 25.1 Å². The van der Waals surface area contributed by atoms with E-state index >= 15 is 0 Å². The van der Waals surface area contributed by atoms with Crippen LogP contribution in [0.15, 0.2) is 18.2 Å². The summed E-state index contributed by atoms with van der Waals surface area (Å²) in [7, 11) is 0. The van der Waals surface area contributed by atoms with Crippen molar-refractivity contribution in [2.45, 2.75) is 33.6 Å². The number of rotatable bonds is 3. The van der Waals surface area contributed by atoms with Crippen molar-refractivity contribution in [2.75, 3.05) is 19.7 Å². The molecule has 1 aliphatic rings. The van der Waals surface area contributed by atoms with E-state index in [0.29, 0.717) is 0 Å². The third-order valence-electron chi connectivity index (χ3n) is 3.89. The molecule has 1 aromatic carbocycles. The average molecular weight is 261 g/mol. The SMILES string of the molecule is Cc1cccc(C)c1OCC(=O)N1CCC(C)CC1. The highest BCUT2D eigenvalue weighted by atomic mass is 16.5. The van der Waals surface area contributed by atoms with Gasteiger partial charge in [-0.3, -0.25) is 4.79 Å². The molecule has 1 saturated heterocycles. The van der Waals surface area contributed by atoms with Crippen molar-refractivity contribution in [3.8, 4) is 5.75 Å². The van der Waals surface area contributed by atoms with Gasteiger partial charge >= 0.3 is 0 Å². The largest absolute Gasteiger partial charge is 0.483 e. The quantitative estimate of drug-likeness (QED) is 0.837. The number of nitrogens with zero attached hydrogens (tertiary/aromatic N) is 1. The number of hydrogen-bond donors (Lipinski definition) is 0. The summed E-state index contributed by atoms with van der Waals surface area (Å²) >= 11 is 0. The lowest BCUT2D eigenvalue weighted by Gasteiger charge is -2.30. The fraction of sp³-hybridized carbons (Fsp3) is 0.562. The van der Waals surface area contributed by atoms with Crippen LogP contribution in [0.25, 0.3) is 0 Å². The number of piperidine rings is 1. The lowest BCUT2D eigenvalue weighted by Crippen LogP contribution is -2.40. The minimum atomic E-state index is 0.106. The first kappa shape index (κ1) is 13.9. The highest BCUT2D eigenvalue weighted by Crippen LogP contribution is 2.22. The van der Waals surface area contributed by atoms with E-state index in [2.05, 4.69) is 6.92 Å². The van der Waals surface area contributed by atoms with Crippen molar-refractivity contribution in [2.24, 2.45) is 5.92 Å². The maximum atomic E-state index is 12.1. The number of aryl methyl sites for hydroxylation is 2. The Balaban J connectivity index is 1.90. The van der Waals surface area contributed by atoms with Gasteiger partial charge in [-0.2, -0.15) is 0 Å². The Bertz CT molecular complexity index is 428. The summed E-state index contributed by atoms with van der Waals surface area (Å²) in [5, 5.41) is 0. The molecule has 1 amide bonds. The third-order valence-corrected chi connectivity index (χ3v) is 3.89. The summed E-state index contributed by atoms with van der Waals surface area (Å²) in [5.41, 5.74) is 2.17. The molecular weight excluding hydrogens is 238 g/mol. The first-order valence-electron chi connectivity index (χ1n) is 7.04. The maximum absolute atomic E-state index is 12.1. The standard InChI is InChI=1S/C16H23NO2/c1-12-7-9-17(10-8-12)15(18)11-19-16-13(2)5-4-6-14(16)3/h4-6,12H,7-11H2,1-3H3. The van der Waals surface area contributed by atoms with Crippen LogP contribution in [0.3, 0.4) is 0 Å². The molecule has 0 atom stereocenters. The molecule has 0 radical (unpaired) electrons. The summed E-state index contributed by atoms with van der Waals surface area (Å²) in [4.78, 5) is 14.0. The predicted molar refractivity (Wildman–Crippen MR) is 76.4 cm³/mol. The average Bonchev–Trinajstić information content (AvgIpc) is 2.38. The van der Waals surface area contributed by atoms with Gasteiger partial charge in [0, 0.05) is 13.1 Å². The number of carbonyl (C=O) groups excluding carboxylic acids is 1. The Kier molecular flexibility index (Phi) is 4.46. The Morgan fingerprint density at radius 2 is 1.84 bits per heavy atom. The van der Waals surface area contributed by atoms with Crippen LogP contribution in [0.4, 0.5) is 0 Å². The van der Waals surface area contributed by atoms with Crippen LogP contribution in [0.5, 0.6) is 5.75 Å². The fourth-order valence-electron chi connectivity index (χ4n) is 2.51. The molecule has 19 heavy (non-hydrogen) atoms. The van der Waals surface area contributed by atoms with Crippen molar-refractivity contribution < 1.29 is 9.53 Å². The number of likely N-dealkylation sites (tertiary alicyclic amines) is 1. The first-order chi connectivity index (χ1) is 9.08. The molecule has 104 valence electrons. The van der Waals surface area contributed by atoms with Gasteiger partial charge in [0.15, 0.2) is 6.61 Å². The van der Waals surface area contributed by atoms with Crippen molar-refractivity contribution in [3.05, 3.63) is 29.3 Å². The summed E-state index contributed by atoms with van der Waals surface area (Å²) in [6.45, 7) is 8.16. The van der Waals surface area contributed by atoms with Crippen molar-refractivity contribution in [3.63, 3.8) is 0 Å². The molecule has 1 heterocycles. The van der Waals surface area contributed by atoms with E-state index < -0.39 is 0 Å². The van der Waals surface area contributed by atoms with Gasteiger partial charge in [0.25, 0.3) is 5.91 Å². The van der Waals surface area contributed by atoms with Gasteiger partial charge in [-0.25, -0.2) is 0 Å². The number of ether oxygens (including phenoxy) is 1. The summed E-state index contributed by atoms with van der Waals surface area (Å²) in [6.07, 6.45) is 2.21. The van der Waals surface area contributed by atoms with E-state index in [1.165, 1.54) is 0 Å². The summed E-state index contributed by atoms with van der Waals surface area (Å²) < 4.78 is 5.72. The van der Waals surface area contributed by atoms with E-state index in [0.717, 1.165) is 48.7 Å². The van der Waals surface area contributed by atoms with Crippen LogP contribution in [0.2, 0.25) is 0 Å². The van der Waals surface area contributed by atoms with Gasteiger partial charge in [0.2, 0.25) is 0 Å². The summed E-state index contributed by atoms with van der Waals surface area (Å²) in [5.74, 6) is 1.69. The molecule has 3 heteroatoms. The van der Waals surface area contributed by atoms with Crippen LogP contribution in [0.1, 0.15) is 30.9 Å². The number of hydrogen-bond acceptors (Lipinski definition) is 2. The minimum Gasteiger partial charge on any atom is -0.483 e. The third kappa shape index (κ3) is 3.49.